The van der Waals surface area contributed by atoms with Crippen LogP contribution in [-0.2, 0) is 9.53 Å². The molecule has 0 aromatic rings. The fraction of sp³-hybridized carbons (Fsp3) is 0.929. The van der Waals surface area contributed by atoms with E-state index in [1.807, 2.05) is 4.90 Å². The van der Waals surface area contributed by atoms with Crippen LogP contribution >= 0.6 is 0 Å². The van der Waals surface area contributed by atoms with Gasteiger partial charge in [-0.15, -0.1) is 0 Å². The van der Waals surface area contributed by atoms with Crippen molar-refractivity contribution in [1.29, 1.82) is 0 Å². The van der Waals surface area contributed by atoms with Crippen LogP contribution in [0.25, 0.3) is 0 Å². The van der Waals surface area contributed by atoms with E-state index in [2.05, 4.69) is 33.0 Å². The monoisotopic (exact) mass is 254 g/mol. The highest BCUT2D eigenvalue weighted by molar-refractivity contribution is 5.84. The summed E-state index contributed by atoms with van der Waals surface area (Å²) in [5.41, 5.74) is 0. The zero-order chi connectivity index (χ0) is 13.3. The Kier molecular flexibility index (Phi) is 4.28. The van der Waals surface area contributed by atoms with Crippen LogP contribution in [0, 0.1) is 5.92 Å². The minimum atomic E-state index is -0.0103. The van der Waals surface area contributed by atoms with E-state index >= 15 is 0 Å². The van der Waals surface area contributed by atoms with Crippen LogP contribution < -0.4 is 5.32 Å². The predicted molar refractivity (Wildman–Crippen MR) is 71.1 cm³/mol. The Hall–Kier alpha value is -0.610. The zero-order valence-corrected chi connectivity index (χ0v) is 12.0. The Bertz CT molecular complexity index is 300. The van der Waals surface area contributed by atoms with Crippen LogP contribution in [0.2, 0.25) is 0 Å². The summed E-state index contributed by atoms with van der Waals surface area (Å²) in [5.74, 6) is 0.788. The van der Waals surface area contributed by atoms with Crippen molar-refractivity contribution in [2.24, 2.45) is 5.92 Å². The molecule has 104 valence electrons. The molecule has 18 heavy (non-hydrogen) atoms. The van der Waals surface area contributed by atoms with E-state index < -0.39 is 0 Å². The van der Waals surface area contributed by atoms with Crippen molar-refractivity contribution < 1.29 is 9.53 Å². The molecule has 2 saturated heterocycles. The lowest BCUT2D eigenvalue weighted by Crippen LogP contribution is -2.47. The van der Waals surface area contributed by atoms with Crippen molar-refractivity contribution in [3.63, 3.8) is 0 Å². The molecule has 4 atom stereocenters. The smallest absolute Gasteiger partial charge is 0.241 e. The van der Waals surface area contributed by atoms with Crippen LogP contribution in [-0.4, -0.2) is 41.8 Å². The van der Waals surface area contributed by atoms with Gasteiger partial charge in [0.15, 0.2) is 0 Å². The Balaban J connectivity index is 2.01. The lowest BCUT2D eigenvalue weighted by atomic mass is 10.0. The molecule has 2 heterocycles. The van der Waals surface area contributed by atoms with Crippen LogP contribution in [0.4, 0.5) is 0 Å². The fourth-order valence-corrected chi connectivity index (χ4v) is 3.17. The van der Waals surface area contributed by atoms with E-state index in [-0.39, 0.29) is 30.3 Å². The molecule has 0 aromatic carbocycles. The number of hydrogen-bond acceptors (Lipinski definition) is 3. The third kappa shape index (κ3) is 2.69. The lowest BCUT2D eigenvalue weighted by molar-refractivity contribution is -0.134. The average molecular weight is 254 g/mol. The number of rotatable bonds is 4. The predicted octanol–water partition coefficient (Wildman–Crippen LogP) is 1.75. The second kappa shape index (κ2) is 5.57. The maximum absolute atomic E-state index is 12.5. The van der Waals surface area contributed by atoms with Gasteiger partial charge < -0.3 is 9.64 Å². The van der Waals surface area contributed by atoms with E-state index in [4.69, 9.17) is 4.74 Å². The number of nitrogens with one attached hydrogen (secondary N) is 1. The summed E-state index contributed by atoms with van der Waals surface area (Å²) >= 11 is 0. The molecule has 4 unspecified atom stereocenters. The standard InChI is InChI=1S/C14H26N2O2/c1-9(2)8-12-14(17)16(11(4)15-12)10(3)13-6-5-7-18-13/h9-13,15H,5-8H2,1-4H3. The van der Waals surface area contributed by atoms with Gasteiger partial charge in [-0.2, -0.15) is 0 Å². The average Bonchev–Trinajstić information content (AvgIpc) is 2.87. The van der Waals surface area contributed by atoms with Gasteiger partial charge in [0.2, 0.25) is 5.91 Å². The van der Waals surface area contributed by atoms with Crippen molar-refractivity contribution in [3.05, 3.63) is 0 Å². The molecule has 0 aromatic heterocycles. The number of carbonyl (C=O) groups is 1. The molecule has 0 spiro atoms. The number of amides is 1. The highest BCUT2D eigenvalue weighted by atomic mass is 16.5. The SMILES string of the molecule is CC(C)CC1NC(C)N(C(C)C2CCCO2)C1=O. The third-order valence-electron chi connectivity index (χ3n) is 4.06. The largest absolute Gasteiger partial charge is 0.376 e. The van der Waals surface area contributed by atoms with Gasteiger partial charge in [0.05, 0.1) is 24.4 Å². The topological polar surface area (TPSA) is 41.6 Å². The highest BCUT2D eigenvalue weighted by Crippen LogP contribution is 2.25. The first-order valence-corrected chi connectivity index (χ1v) is 7.20. The molecule has 2 aliphatic rings. The quantitative estimate of drug-likeness (QED) is 0.831. The molecule has 4 heteroatoms. The molecule has 2 fully saturated rings. The summed E-state index contributed by atoms with van der Waals surface area (Å²) < 4.78 is 5.72. The van der Waals surface area contributed by atoms with Gasteiger partial charge in [0.1, 0.15) is 0 Å². The van der Waals surface area contributed by atoms with E-state index in [9.17, 15) is 4.79 Å². The first-order chi connectivity index (χ1) is 8.50. The summed E-state index contributed by atoms with van der Waals surface area (Å²) in [7, 11) is 0. The van der Waals surface area contributed by atoms with Gasteiger partial charge >= 0.3 is 0 Å². The van der Waals surface area contributed by atoms with E-state index in [1.54, 1.807) is 0 Å². The first kappa shape index (κ1) is 13.8. The molecular weight excluding hydrogens is 228 g/mol. The third-order valence-corrected chi connectivity index (χ3v) is 4.06. The normalized spacial score (nSPS) is 34.6. The Labute approximate surface area is 110 Å². The van der Waals surface area contributed by atoms with Gasteiger partial charge in [0.25, 0.3) is 0 Å². The van der Waals surface area contributed by atoms with Crippen LogP contribution in [0.5, 0.6) is 0 Å². The molecule has 0 saturated carbocycles. The summed E-state index contributed by atoms with van der Waals surface area (Å²) in [5, 5.41) is 3.41. The first-order valence-electron chi connectivity index (χ1n) is 7.20. The second-order valence-corrected chi connectivity index (χ2v) is 6.06. The van der Waals surface area contributed by atoms with Gasteiger partial charge in [0, 0.05) is 6.61 Å². The summed E-state index contributed by atoms with van der Waals surface area (Å²) in [6.45, 7) is 9.35. The molecule has 0 bridgehead atoms. The van der Waals surface area contributed by atoms with E-state index in [0.717, 1.165) is 25.9 Å². The Morgan fingerprint density at radius 3 is 2.72 bits per heavy atom. The van der Waals surface area contributed by atoms with Gasteiger partial charge in [-0.3, -0.25) is 10.1 Å². The van der Waals surface area contributed by atoms with Crippen molar-refractivity contribution in [2.75, 3.05) is 6.61 Å². The minimum Gasteiger partial charge on any atom is -0.376 e. The number of nitrogens with zero attached hydrogens (tertiary/aromatic N) is 1. The number of hydrogen-bond donors (Lipinski definition) is 1. The molecule has 1 amide bonds. The van der Waals surface area contributed by atoms with Crippen LogP contribution in [0.15, 0.2) is 0 Å². The van der Waals surface area contributed by atoms with Crippen LogP contribution in [0.1, 0.15) is 47.0 Å². The van der Waals surface area contributed by atoms with Gasteiger partial charge in [-0.05, 0) is 39.0 Å². The zero-order valence-electron chi connectivity index (χ0n) is 12.0. The summed E-state index contributed by atoms with van der Waals surface area (Å²) in [6, 6.07) is 0.170. The van der Waals surface area contributed by atoms with Crippen molar-refractivity contribution in [2.45, 2.75) is 71.3 Å². The molecule has 1 N–H and O–H groups in total. The fourth-order valence-electron chi connectivity index (χ4n) is 3.17. The summed E-state index contributed by atoms with van der Waals surface area (Å²) in [4.78, 5) is 14.4. The van der Waals surface area contributed by atoms with Crippen molar-refractivity contribution in [1.82, 2.24) is 10.2 Å². The molecular formula is C14H26N2O2. The minimum absolute atomic E-state index is 0.0103. The molecule has 0 radical (unpaired) electrons. The number of carbonyl (C=O) groups excluding carboxylic acids is 1. The van der Waals surface area contributed by atoms with Crippen molar-refractivity contribution in [3.8, 4) is 0 Å². The maximum atomic E-state index is 12.5. The molecule has 2 aliphatic heterocycles. The lowest BCUT2D eigenvalue weighted by Gasteiger charge is -2.32. The van der Waals surface area contributed by atoms with E-state index in [0.29, 0.717) is 5.92 Å². The number of ether oxygens (including phenoxy) is 1. The van der Waals surface area contributed by atoms with E-state index in [1.165, 1.54) is 0 Å². The summed E-state index contributed by atoms with van der Waals surface area (Å²) in [6.07, 6.45) is 3.45. The Morgan fingerprint density at radius 1 is 1.44 bits per heavy atom. The van der Waals surface area contributed by atoms with Gasteiger partial charge in [-0.1, -0.05) is 13.8 Å². The highest BCUT2D eigenvalue weighted by Gasteiger charge is 2.41. The Morgan fingerprint density at radius 2 is 2.17 bits per heavy atom. The molecule has 4 nitrogen and oxygen atoms in total. The maximum Gasteiger partial charge on any atom is 0.241 e. The second-order valence-electron chi connectivity index (χ2n) is 6.06. The van der Waals surface area contributed by atoms with Crippen LogP contribution in [0.3, 0.4) is 0 Å². The molecule has 0 aliphatic carbocycles. The van der Waals surface area contributed by atoms with Gasteiger partial charge in [-0.25, -0.2) is 0 Å². The molecule has 2 rings (SSSR count). The van der Waals surface area contributed by atoms with Crippen molar-refractivity contribution >= 4 is 5.91 Å².